The van der Waals surface area contributed by atoms with Crippen LogP contribution in [-0.4, -0.2) is 37.1 Å². The van der Waals surface area contributed by atoms with Crippen molar-refractivity contribution in [3.05, 3.63) is 0 Å². The highest BCUT2D eigenvalue weighted by Gasteiger charge is 2.42. The van der Waals surface area contributed by atoms with Gasteiger partial charge in [0.1, 0.15) is 0 Å². The normalized spacial score (nSPS) is 26.0. The third-order valence-electron chi connectivity index (χ3n) is 5.23. The third kappa shape index (κ3) is 3.27. The molecule has 0 aliphatic heterocycles. The van der Waals surface area contributed by atoms with E-state index in [0.717, 1.165) is 12.5 Å². The van der Waals surface area contributed by atoms with Gasteiger partial charge < -0.3 is 10.2 Å². The summed E-state index contributed by atoms with van der Waals surface area (Å²) in [6.45, 7) is 3.38. The van der Waals surface area contributed by atoms with E-state index in [2.05, 4.69) is 31.2 Å². The molecule has 1 atom stereocenters. The van der Waals surface area contributed by atoms with Gasteiger partial charge >= 0.3 is 0 Å². The van der Waals surface area contributed by atoms with Crippen LogP contribution in [0.25, 0.3) is 0 Å². The average Bonchev–Trinajstić information content (AvgIpc) is 3.14. The van der Waals surface area contributed by atoms with Crippen molar-refractivity contribution in [3.63, 3.8) is 0 Å². The fourth-order valence-corrected chi connectivity index (χ4v) is 3.87. The Morgan fingerprint density at radius 2 is 1.72 bits per heavy atom. The van der Waals surface area contributed by atoms with Crippen LogP contribution in [0.4, 0.5) is 0 Å². The Bertz CT molecular complexity index is 237. The van der Waals surface area contributed by atoms with Crippen molar-refractivity contribution in [2.45, 2.75) is 76.3 Å². The van der Waals surface area contributed by atoms with Crippen LogP contribution in [0.2, 0.25) is 0 Å². The van der Waals surface area contributed by atoms with Crippen LogP contribution in [0.5, 0.6) is 0 Å². The first kappa shape index (κ1) is 14.3. The summed E-state index contributed by atoms with van der Waals surface area (Å²) < 4.78 is 0. The van der Waals surface area contributed by atoms with E-state index >= 15 is 0 Å². The van der Waals surface area contributed by atoms with Crippen molar-refractivity contribution in [3.8, 4) is 0 Å². The Hall–Kier alpha value is -0.0800. The monoisotopic (exact) mass is 252 g/mol. The highest BCUT2D eigenvalue weighted by atomic mass is 15.2. The van der Waals surface area contributed by atoms with Crippen LogP contribution in [0.15, 0.2) is 0 Å². The van der Waals surface area contributed by atoms with Gasteiger partial charge in [0.2, 0.25) is 0 Å². The summed E-state index contributed by atoms with van der Waals surface area (Å²) in [6, 6.07) is 0.711. The number of rotatable bonds is 6. The second-order valence-electron chi connectivity index (χ2n) is 6.70. The molecule has 0 spiro atoms. The van der Waals surface area contributed by atoms with Crippen molar-refractivity contribution in [1.82, 2.24) is 10.2 Å². The second-order valence-corrected chi connectivity index (χ2v) is 6.70. The summed E-state index contributed by atoms with van der Waals surface area (Å²) in [5.74, 6) is 1.02. The molecule has 2 aliphatic rings. The van der Waals surface area contributed by atoms with Crippen molar-refractivity contribution < 1.29 is 0 Å². The van der Waals surface area contributed by atoms with Crippen LogP contribution in [0.3, 0.4) is 0 Å². The molecule has 1 unspecified atom stereocenters. The highest BCUT2D eigenvalue weighted by molar-refractivity contribution is 5.01. The Morgan fingerprint density at radius 1 is 1.11 bits per heavy atom. The van der Waals surface area contributed by atoms with Gasteiger partial charge in [0.05, 0.1) is 0 Å². The molecule has 2 fully saturated rings. The quantitative estimate of drug-likeness (QED) is 0.729. The summed E-state index contributed by atoms with van der Waals surface area (Å²) in [5.41, 5.74) is 0.426. The largest absolute Gasteiger partial charge is 0.312 e. The van der Waals surface area contributed by atoms with Gasteiger partial charge in [0.25, 0.3) is 0 Å². The van der Waals surface area contributed by atoms with Crippen LogP contribution in [-0.2, 0) is 0 Å². The zero-order valence-corrected chi connectivity index (χ0v) is 12.7. The molecular formula is C16H32N2. The minimum absolute atomic E-state index is 0.426. The first-order valence-electron chi connectivity index (χ1n) is 8.10. The van der Waals surface area contributed by atoms with Crippen LogP contribution < -0.4 is 5.32 Å². The lowest BCUT2D eigenvalue weighted by Gasteiger charge is -2.46. The zero-order valence-electron chi connectivity index (χ0n) is 12.7. The summed E-state index contributed by atoms with van der Waals surface area (Å²) >= 11 is 0. The van der Waals surface area contributed by atoms with Gasteiger partial charge in [-0.25, -0.2) is 0 Å². The van der Waals surface area contributed by atoms with E-state index < -0.39 is 0 Å². The molecule has 106 valence electrons. The number of nitrogens with one attached hydrogen (secondary N) is 1. The zero-order chi connectivity index (χ0) is 13.0. The lowest BCUT2D eigenvalue weighted by Crippen LogP contribution is -2.59. The van der Waals surface area contributed by atoms with E-state index in [1.54, 1.807) is 0 Å². The maximum absolute atomic E-state index is 3.83. The number of likely N-dealkylation sites (N-methyl/N-ethyl adjacent to an activating group) is 2. The molecule has 2 saturated carbocycles. The van der Waals surface area contributed by atoms with E-state index in [9.17, 15) is 0 Å². The smallest absolute Gasteiger partial charge is 0.0356 e. The molecule has 0 aromatic carbocycles. The number of nitrogens with zero attached hydrogens (tertiary/aromatic N) is 1. The molecule has 0 aromatic heterocycles. The van der Waals surface area contributed by atoms with E-state index in [1.807, 2.05) is 0 Å². The van der Waals surface area contributed by atoms with E-state index in [0.29, 0.717) is 11.6 Å². The van der Waals surface area contributed by atoms with Gasteiger partial charge in [0.15, 0.2) is 0 Å². The molecule has 0 aromatic rings. The van der Waals surface area contributed by atoms with Crippen LogP contribution in [0, 0.1) is 5.92 Å². The Kier molecular flexibility index (Phi) is 5.08. The molecule has 0 radical (unpaired) electrons. The van der Waals surface area contributed by atoms with Gasteiger partial charge in [-0.05, 0) is 45.8 Å². The highest BCUT2D eigenvalue weighted by Crippen LogP contribution is 2.41. The number of hydrogen-bond donors (Lipinski definition) is 1. The summed E-state index contributed by atoms with van der Waals surface area (Å²) in [7, 11) is 4.62. The van der Waals surface area contributed by atoms with Gasteiger partial charge in [-0.2, -0.15) is 0 Å². The van der Waals surface area contributed by atoms with Crippen molar-refractivity contribution in [1.29, 1.82) is 0 Å². The predicted molar refractivity (Wildman–Crippen MR) is 78.9 cm³/mol. The summed E-state index contributed by atoms with van der Waals surface area (Å²) in [4.78, 5) is 2.55. The molecule has 2 nitrogen and oxygen atoms in total. The minimum atomic E-state index is 0.426. The van der Waals surface area contributed by atoms with Crippen molar-refractivity contribution in [2.75, 3.05) is 20.6 Å². The first-order valence-corrected chi connectivity index (χ1v) is 8.10. The van der Waals surface area contributed by atoms with Gasteiger partial charge in [-0.15, -0.1) is 0 Å². The maximum Gasteiger partial charge on any atom is 0.0356 e. The van der Waals surface area contributed by atoms with Crippen molar-refractivity contribution >= 4 is 0 Å². The lowest BCUT2D eigenvalue weighted by atomic mass is 9.79. The average molecular weight is 252 g/mol. The van der Waals surface area contributed by atoms with E-state index in [4.69, 9.17) is 0 Å². The summed E-state index contributed by atoms with van der Waals surface area (Å²) in [5, 5.41) is 3.83. The molecule has 0 heterocycles. The SMILES string of the molecule is CCNC(CC1CC1)C1(N(C)C)CCCCCC1. The Balaban J connectivity index is 2.11. The molecule has 0 amide bonds. The molecule has 18 heavy (non-hydrogen) atoms. The van der Waals surface area contributed by atoms with Crippen LogP contribution >= 0.6 is 0 Å². The maximum atomic E-state index is 3.83. The lowest BCUT2D eigenvalue weighted by molar-refractivity contribution is 0.0744. The van der Waals surface area contributed by atoms with Gasteiger partial charge in [-0.1, -0.05) is 45.4 Å². The number of hydrogen-bond acceptors (Lipinski definition) is 2. The van der Waals surface area contributed by atoms with Crippen LogP contribution in [0.1, 0.15) is 64.7 Å². The fraction of sp³-hybridized carbons (Fsp3) is 1.00. The molecule has 1 N–H and O–H groups in total. The predicted octanol–water partition coefficient (Wildman–Crippen LogP) is 3.42. The molecule has 0 saturated heterocycles. The Morgan fingerprint density at radius 3 is 2.17 bits per heavy atom. The topological polar surface area (TPSA) is 15.3 Å². The standard InChI is InChI=1S/C16H32N2/c1-4-17-15(13-14-9-10-14)16(18(2)3)11-7-5-6-8-12-16/h14-15,17H,4-13H2,1-3H3. The Labute approximate surface area is 114 Å². The summed E-state index contributed by atoms with van der Waals surface area (Å²) in [6.07, 6.45) is 12.9. The van der Waals surface area contributed by atoms with Gasteiger partial charge in [0, 0.05) is 11.6 Å². The first-order chi connectivity index (χ1) is 8.69. The van der Waals surface area contributed by atoms with Crippen molar-refractivity contribution in [2.24, 2.45) is 5.92 Å². The molecule has 2 rings (SSSR count). The molecule has 2 heteroatoms. The third-order valence-corrected chi connectivity index (χ3v) is 5.23. The van der Waals surface area contributed by atoms with E-state index in [-0.39, 0.29) is 0 Å². The fourth-order valence-electron chi connectivity index (χ4n) is 3.87. The molecule has 2 aliphatic carbocycles. The second kappa shape index (κ2) is 6.38. The van der Waals surface area contributed by atoms with Gasteiger partial charge in [-0.3, -0.25) is 0 Å². The minimum Gasteiger partial charge on any atom is -0.312 e. The molecule has 0 bridgehead atoms. The molecular weight excluding hydrogens is 220 g/mol. The van der Waals surface area contributed by atoms with E-state index in [1.165, 1.54) is 57.8 Å².